The van der Waals surface area contributed by atoms with Gasteiger partial charge in [0.1, 0.15) is 10.5 Å². The van der Waals surface area contributed by atoms with E-state index in [4.69, 9.17) is 12.2 Å². The number of nitrogens with one attached hydrogen (secondary N) is 2. The SMILES string of the molecule is Cc1cccnc1Nc1ccc[nH]c1=S. The molecular weight excluding hydrogens is 206 g/mol. The third kappa shape index (κ3) is 2.22. The molecule has 0 radical (unpaired) electrons. The van der Waals surface area contributed by atoms with Crippen molar-refractivity contribution in [3.05, 3.63) is 46.9 Å². The van der Waals surface area contributed by atoms with Crippen molar-refractivity contribution in [2.75, 3.05) is 5.32 Å². The second-order valence-corrected chi connectivity index (χ2v) is 3.62. The topological polar surface area (TPSA) is 40.7 Å². The zero-order chi connectivity index (χ0) is 10.7. The van der Waals surface area contributed by atoms with Crippen LogP contribution in [-0.4, -0.2) is 9.97 Å². The van der Waals surface area contributed by atoms with E-state index in [1.165, 1.54) is 0 Å². The van der Waals surface area contributed by atoms with Crippen LogP contribution in [0.25, 0.3) is 0 Å². The first-order chi connectivity index (χ1) is 7.27. The Morgan fingerprint density at radius 3 is 2.93 bits per heavy atom. The van der Waals surface area contributed by atoms with Crippen LogP contribution in [0.4, 0.5) is 11.5 Å². The second kappa shape index (κ2) is 4.23. The van der Waals surface area contributed by atoms with Crippen molar-refractivity contribution in [1.29, 1.82) is 0 Å². The van der Waals surface area contributed by atoms with E-state index in [0.717, 1.165) is 17.1 Å². The molecule has 0 aliphatic heterocycles. The first-order valence-corrected chi connectivity index (χ1v) is 5.04. The zero-order valence-corrected chi connectivity index (χ0v) is 9.14. The van der Waals surface area contributed by atoms with E-state index in [-0.39, 0.29) is 0 Å². The number of pyridine rings is 2. The van der Waals surface area contributed by atoms with Crippen LogP contribution >= 0.6 is 12.2 Å². The molecule has 4 heteroatoms. The van der Waals surface area contributed by atoms with Gasteiger partial charge in [0.05, 0.1) is 5.69 Å². The molecule has 0 saturated heterocycles. The molecule has 2 N–H and O–H groups in total. The Bertz CT molecular complexity index is 519. The number of aryl methyl sites for hydroxylation is 1. The summed E-state index contributed by atoms with van der Waals surface area (Å²) in [5, 5.41) is 3.19. The van der Waals surface area contributed by atoms with Crippen LogP contribution < -0.4 is 5.32 Å². The van der Waals surface area contributed by atoms with Gasteiger partial charge in [0.25, 0.3) is 0 Å². The number of H-pyrrole nitrogens is 1. The van der Waals surface area contributed by atoms with Crippen molar-refractivity contribution in [3.8, 4) is 0 Å². The van der Waals surface area contributed by atoms with E-state index in [1.807, 2.05) is 31.2 Å². The van der Waals surface area contributed by atoms with Gasteiger partial charge < -0.3 is 10.3 Å². The normalized spacial score (nSPS) is 9.93. The highest BCUT2D eigenvalue weighted by atomic mass is 32.1. The van der Waals surface area contributed by atoms with Crippen molar-refractivity contribution in [1.82, 2.24) is 9.97 Å². The summed E-state index contributed by atoms with van der Waals surface area (Å²) < 4.78 is 0.683. The van der Waals surface area contributed by atoms with Gasteiger partial charge in [-0.3, -0.25) is 0 Å². The summed E-state index contributed by atoms with van der Waals surface area (Å²) >= 11 is 5.15. The Labute approximate surface area is 93.2 Å². The van der Waals surface area contributed by atoms with Gasteiger partial charge in [0.15, 0.2) is 0 Å². The molecular formula is C11H11N3S. The molecule has 3 nitrogen and oxygen atoms in total. The van der Waals surface area contributed by atoms with E-state index in [0.29, 0.717) is 4.64 Å². The molecule has 0 spiro atoms. The molecule has 2 heterocycles. The van der Waals surface area contributed by atoms with Gasteiger partial charge in [-0.1, -0.05) is 18.3 Å². The molecule has 76 valence electrons. The number of rotatable bonds is 2. The summed E-state index contributed by atoms with van der Waals surface area (Å²) in [6.45, 7) is 2.00. The lowest BCUT2D eigenvalue weighted by molar-refractivity contribution is 1.23. The predicted octanol–water partition coefficient (Wildman–Crippen LogP) is 3.19. The molecule has 0 amide bonds. The molecule has 0 saturated carbocycles. The maximum absolute atomic E-state index is 5.15. The smallest absolute Gasteiger partial charge is 0.133 e. The minimum absolute atomic E-state index is 0.683. The van der Waals surface area contributed by atoms with Gasteiger partial charge >= 0.3 is 0 Å². The maximum Gasteiger partial charge on any atom is 0.133 e. The fourth-order valence-electron chi connectivity index (χ4n) is 1.26. The lowest BCUT2D eigenvalue weighted by Gasteiger charge is -2.07. The van der Waals surface area contributed by atoms with E-state index < -0.39 is 0 Å². The zero-order valence-electron chi connectivity index (χ0n) is 8.32. The minimum atomic E-state index is 0.683. The largest absolute Gasteiger partial charge is 0.351 e. The highest BCUT2D eigenvalue weighted by Gasteiger charge is 1.99. The summed E-state index contributed by atoms with van der Waals surface area (Å²) in [5.41, 5.74) is 1.96. The van der Waals surface area contributed by atoms with Crippen LogP contribution in [0.1, 0.15) is 5.56 Å². The predicted molar refractivity (Wildman–Crippen MR) is 63.9 cm³/mol. The van der Waals surface area contributed by atoms with Gasteiger partial charge in [-0.05, 0) is 30.7 Å². The molecule has 2 aromatic rings. The lowest BCUT2D eigenvalue weighted by Crippen LogP contribution is -1.96. The van der Waals surface area contributed by atoms with E-state index in [9.17, 15) is 0 Å². The summed E-state index contributed by atoms with van der Waals surface area (Å²) in [7, 11) is 0. The molecule has 0 aliphatic carbocycles. The summed E-state index contributed by atoms with van der Waals surface area (Å²) in [5.74, 6) is 0.836. The fourth-order valence-corrected chi connectivity index (χ4v) is 1.45. The van der Waals surface area contributed by atoms with Gasteiger partial charge in [-0.2, -0.15) is 0 Å². The van der Waals surface area contributed by atoms with Crippen molar-refractivity contribution in [2.24, 2.45) is 0 Å². The molecule has 0 atom stereocenters. The fraction of sp³-hybridized carbons (Fsp3) is 0.0909. The summed E-state index contributed by atoms with van der Waals surface area (Å²) in [4.78, 5) is 7.21. The van der Waals surface area contributed by atoms with E-state index >= 15 is 0 Å². The van der Waals surface area contributed by atoms with Crippen LogP contribution in [0, 0.1) is 11.6 Å². The van der Waals surface area contributed by atoms with E-state index in [1.54, 1.807) is 12.4 Å². The number of aromatic amines is 1. The van der Waals surface area contributed by atoms with Gasteiger partial charge in [0.2, 0.25) is 0 Å². The second-order valence-electron chi connectivity index (χ2n) is 3.21. The monoisotopic (exact) mass is 217 g/mol. The molecule has 0 aromatic carbocycles. The Hall–Kier alpha value is -1.68. The third-order valence-corrected chi connectivity index (χ3v) is 2.42. The highest BCUT2D eigenvalue weighted by Crippen LogP contribution is 2.17. The summed E-state index contributed by atoms with van der Waals surface area (Å²) in [6.07, 6.45) is 3.56. The number of hydrogen-bond donors (Lipinski definition) is 2. The molecule has 0 unspecified atom stereocenters. The molecule has 15 heavy (non-hydrogen) atoms. The molecule has 0 fully saturated rings. The third-order valence-electron chi connectivity index (χ3n) is 2.08. The number of nitrogens with zero attached hydrogens (tertiary/aromatic N) is 1. The molecule has 2 rings (SSSR count). The maximum atomic E-state index is 5.15. The lowest BCUT2D eigenvalue weighted by atomic mass is 10.3. The van der Waals surface area contributed by atoms with Crippen molar-refractivity contribution in [3.63, 3.8) is 0 Å². The van der Waals surface area contributed by atoms with Gasteiger partial charge in [-0.15, -0.1) is 0 Å². The Morgan fingerprint density at radius 1 is 1.33 bits per heavy atom. The van der Waals surface area contributed by atoms with Crippen molar-refractivity contribution < 1.29 is 0 Å². The van der Waals surface area contributed by atoms with Crippen LogP contribution in [0.3, 0.4) is 0 Å². The molecule has 0 bridgehead atoms. The van der Waals surface area contributed by atoms with Crippen LogP contribution in [0.5, 0.6) is 0 Å². The molecule has 2 aromatic heterocycles. The van der Waals surface area contributed by atoms with Gasteiger partial charge in [0, 0.05) is 12.4 Å². The minimum Gasteiger partial charge on any atom is -0.351 e. The molecule has 0 aliphatic rings. The highest BCUT2D eigenvalue weighted by molar-refractivity contribution is 7.71. The first kappa shape index (κ1) is 9.86. The van der Waals surface area contributed by atoms with Crippen LogP contribution in [-0.2, 0) is 0 Å². The Balaban J connectivity index is 2.34. The van der Waals surface area contributed by atoms with Crippen molar-refractivity contribution >= 4 is 23.7 Å². The number of aromatic nitrogens is 2. The van der Waals surface area contributed by atoms with E-state index in [2.05, 4.69) is 15.3 Å². The Kier molecular flexibility index (Phi) is 2.78. The summed E-state index contributed by atoms with van der Waals surface area (Å²) in [6, 6.07) is 7.74. The Morgan fingerprint density at radius 2 is 2.20 bits per heavy atom. The van der Waals surface area contributed by atoms with Crippen LogP contribution in [0.15, 0.2) is 36.7 Å². The van der Waals surface area contributed by atoms with Gasteiger partial charge in [-0.25, -0.2) is 4.98 Å². The number of hydrogen-bond acceptors (Lipinski definition) is 3. The van der Waals surface area contributed by atoms with Crippen molar-refractivity contribution in [2.45, 2.75) is 6.92 Å². The standard InChI is InChI=1S/C11H11N3S/c1-8-4-2-6-12-10(8)14-9-5-3-7-13-11(9)15/h2-7H,1H3,(H,12,14)(H,13,15). The quantitative estimate of drug-likeness (QED) is 0.759. The first-order valence-electron chi connectivity index (χ1n) is 4.64. The average Bonchev–Trinajstić information content (AvgIpc) is 2.24. The van der Waals surface area contributed by atoms with Crippen LogP contribution in [0.2, 0.25) is 0 Å². The number of anilines is 2. The average molecular weight is 217 g/mol.